The molecule has 2 aromatic rings. The molecule has 2 nitrogen and oxygen atoms in total. The van der Waals surface area contributed by atoms with Gasteiger partial charge in [-0.25, -0.2) is 0 Å². The Labute approximate surface area is 128 Å². The number of hydrogen-bond acceptors (Lipinski definition) is 2. The van der Waals surface area contributed by atoms with Crippen LogP contribution in [0.3, 0.4) is 0 Å². The lowest BCUT2D eigenvalue weighted by atomic mass is 9.98. The molecular formula is C19H25NO. The van der Waals surface area contributed by atoms with Gasteiger partial charge in [-0.2, -0.15) is 0 Å². The van der Waals surface area contributed by atoms with Gasteiger partial charge in [-0.1, -0.05) is 55.5 Å². The van der Waals surface area contributed by atoms with E-state index in [1.54, 1.807) is 7.11 Å². The molecule has 0 radical (unpaired) electrons. The van der Waals surface area contributed by atoms with E-state index < -0.39 is 0 Å². The number of benzene rings is 2. The molecule has 0 heterocycles. The average molecular weight is 283 g/mol. The first-order valence-corrected chi connectivity index (χ1v) is 7.69. The molecule has 0 amide bonds. The summed E-state index contributed by atoms with van der Waals surface area (Å²) in [6.45, 7) is 4.32. The van der Waals surface area contributed by atoms with Crippen molar-refractivity contribution in [2.45, 2.75) is 25.7 Å². The molecule has 112 valence electrons. The number of rotatable bonds is 8. The second-order valence-corrected chi connectivity index (χ2v) is 5.41. The highest BCUT2D eigenvalue weighted by atomic mass is 16.5. The Balaban J connectivity index is 1.68. The zero-order chi connectivity index (χ0) is 14.9. The van der Waals surface area contributed by atoms with Crippen LogP contribution < -0.4 is 10.1 Å². The molecule has 0 bridgehead atoms. The van der Waals surface area contributed by atoms with Crippen molar-refractivity contribution in [1.82, 2.24) is 5.32 Å². The zero-order valence-corrected chi connectivity index (χ0v) is 13.0. The Hall–Kier alpha value is -1.80. The molecule has 0 saturated heterocycles. The van der Waals surface area contributed by atoms with E-state index in [1.807, 2.05) is 12.1 Å². The zero-order valence-electron chi connectivity index (χ0n) is 13.0. The Kier molecular flexibility index (Phi) is 6.29. The first-order valence-electron chi connectivity index (χ1n) is 7.69. The van der Waals surface area contributed by atoms with Gasteiger partial charge in [0.2, 0.25) is 0 Å². The van der Waals surface area contributed by atoms with Crippen LogP contribution in [0.1, 0.15) is 30.4 Å². The van der Waals surface area contributed by atoms with E-state index in [-0.39, 0.29) is 0 Å². The highest BCUT2D eigenvalue weighted by Crippen LogP contribution is 2.18. The lowest BCUT2D eigenvalue weighted by Crippen LogP contribution is -2.20. The normalized spacial score (nSPS) is 12.1. The Morgan fingerprint density at radius 1 is 0.952 bits per heavy atom. The van der Waals surface area contributed by atoms with E-state index in [9.17, 15) is 0 Å². The van der Waals surface area contributed by atoms with Crippen molar-refractivity contribution in [1.29, 1.82) is 0 Å². The molecule has 0 aliphatic rings. The summed E-state index contributed by atoms with van der Waals surface area (Å²) in [5, 5.41) is 3.53. The van der Waals surface area contributed by atoms with Crippen LogP contribution in [-0.4, -0.2) is 20.2 Å². The average Bonchev–Trinajstić information content (AvgIpc) is 2.55. The van der Waals surface area contributed by atoms with Crippen molar-refractivity contribution >= 4 is 0 Å². The third kappa shape index (κ3) is 4.91. The molecule has 2 rings (SSSR count). The van der Waals surface area contributed by atoms with Crippen LogP contribution >= 0.6 is 0 Å². The Bertz CT molecular complexity index is 524. The number of ether oxygens (including phenoxy) is 1. The summed E-state index contributed by atoms with van der Waals surface area (Å²) in [7, 11) is 1.73. The fourth-order valence-electron chi connectivity index (χ4n) is 2.52. The van der Waals surface area contributed by atoms with Crippen molar-refractivity contribution in [3.05, 3.63) is 65.7 Å². The molecule has 0 aliphatic carbocycles. The van der Waals surface area contributed by atoms with Gasteiger partial charge in [-0.15, -0.1) is 0 Å². The number of hydrogen-bond donors (Lipinski definition) is 1. The first kappa shape index (κ1) is 15.6. The molecule has 0 fully saturated rings. The van der Waals surface area contributed by atoms with Gasteiger partial charge in [-0.05, 0) is 49.0 Å². The number of para-hydroxylation sites is 1. The second kappa shape index (κ2) is 8.48. The van der Waals surface area contributed by atoms with Gasteiger partial charge in [0.1, 0.15) is 5.75 Å². The summed E-state index contributed by atoms with van der Waals surface area (Å²) in [5.74, 6) is 1.59. The van der Waals surface area contributed by atoms with E-state index in [4.69, 9.17) is 4.74 Å². The Morgan fingerprint density at radius 3 is 2.43 bits per heavy atom. The summed E-state index contributed by atoms with van der Waals surface area (Å²) in [4.78, 5) is 0. The molecule has 1 N–H and O–H groups in total. The smallest absolute Gasteiger partial charge is 0.122 e. The van der Waals surface area contributed by atoms with Crippen molar-refractivity contribution < 1.29 is 4.74 Å². The summed E-state index contributed by atoms with van der Waals surface area (Å²) in [6, 6.07) is 18.9. The minimum atomic E-state index is 0.602. The molecule has 1 unspecified atom stereocenters. The third-order valence-electron chi connectivity index (χ3n) is 3.89. The minimum absolute atomic E-state index is 0.602. The summed E-state index contributed by atoms with van der Waals surface area (Å²) < 4.78 is 5.37. The summed E-state index contributed by atoms with van der Waals surface area (Å²) in [6.07, 6.45) is 2.17. The number of methoxy groups -OCH3 is 1. The fourth-order valence-corrected chi connectivity index (χ4v) is 2.52. The minimum Gasteiger partial charge on any atom is -0.496 e. The van der Waals surface area contributed by atoms with Gasteiger partial charge >= 0.3 is 0 Å². The van der Waals surface area contributed by atoms with Crippen LogP contribution in [-0.2, 0) is 6.42 Å². The molecule has 0 saturated carbocycles. The summed E-state index contributed by atoms with van der Waals surface area (Å²) >= 11 is 0. The van der Waals surface area contributed by atoms with Crippen molar-refractivity contribution in [3.8, 4) is 5.75 Å². The van der Waals surface area contributed by atoms with Crippen LogP contribution in [0.15, 0.2) is 54.6 Å². The standard InChI is InChI=1S/C19H25NO/c1-16(17-8-4-3-5-9-17)12-14-20-15-13-18-10-6-7-11-19(18)21-2/h3-11,16,20H,12-15H2,1-2H3. The lowest BCUT2D eigenvalue weighted by molar-refractivity contribution is 0.409. The van der Waals surface area contributed by atoms with Crippen molar-refractivity contribution in [2.75, 3.05) is 20.2 Å². The highest BCUT2D eigenvalue weighted by molar-refractivity contribution is 5.33. The predicted molar refractivity (Wildman–Crippen MR) is 89.0 cm³/mol. The van der Waals surface area contributed by atoms with Crippen molar-refractivity contribution in [2.24, 2.45) is 0 Å². The van der Waals surface area contributed by atoms with Gasteiger partial charge in [0, 0.05) is 0 Å². The van der Waals surface area contributed by atoms with Crippen LogP contribution in [0.2, 0.25) is 0 Å². The van der Waals surface area contributed by atoms with E-state index in [1.165, 1.54) is 11.1 Å². The maximum Gasteiger partial charge on any atom is 0.122 e. The number of nitrogens with one attached hydrogen (secondary N) is 1. The molecule has 0 aromatic heterocycles. The maximum atomic E-state index is 5.37. The molecule has 0 aliphatic heterocycles. The van der Waals surface area contributed by atoms with Gasteiger partial charge in [0.15, 0.2) is 0 Å². The first-order chi connectivity index (χ1) is 10.3. The van der Waals surface area contributed by atoms with Crippen LogP contribution in [0, 0.1) is 0 Å². The molecule has 2 aromatic carbocycles. The predicted octanol–water partition coefficient (Wildman–Crippen LogP) is 4.02. The monoisotopic (exact) mass is 283 g/mol. The maximum absolute atomic E-state index is 5.37. The van der Waals surface area contributed by atoms with Crippen molar-refractivity contribution in [3.63, 3.8) is 0 Å². The Morgan fingerprint density at radius 2 is 1.67 bits per heavy atom. The van der Waals surface area contributed by atoms with Crippen LogP contribution in [0.5, 0.6) is 5.75 Å². The largest absolute Gasteiger partial charge is 0.496 e. The molecule has 0 spiro atoms. The van der Waals surface area contributed by atoms with E-state index in [0.717, 1.165) is 31.7 Å². The quantitative estimate of drug-likeness (QED) is 0.739. The highest BCUT2D eigenvalue weighted by Gasteiger charge is 2.04. The molecule has 1 atom stereocenters. The molecule has 2 heteroatoms. The topological polar surface area (TPSA) is 21.3 Å². The third-order valence-corrected chi connectivity index (χ3v) is 3.89. The molecule has 21 heavy (non-hydrogen) atoms. The molecular weight excluding hydrogens is 258 g/mol. The van der Waals surface area contributed by atoms with E-state index in [2.05, 4.69) is 54.7 Å². The SMILES string of the molecule is COc1ccccc1CCNCCC(C)c1ccccc1. The fraction of sp³-hybridized carbons (Fsp3) is 0.368. The van der Waals surface area contributed by atoms with Crippen LogP contribution in [0.25, 0.3) is 0 Å². The summed E-state index contributed by atoms with van der Waals surface area (Å²) in [5.41, 5.74) is 2.69. The van der Waals surface area contributed by atoms with E-state index in [0.29, 0.717) is 5.92 Å². The lowest BCUT2D eigenvalue weighted by Gasteiger charge is -2.13. The van der Waals surface area contributed by atoms with Crippen LogP contribution in [0.4, 0.5) is 0 Å². The van der Waals surface area contributed by atoms with E-state index >= 15 is 0 Å². The van der Waals surface area contributed by atoms with Gasteiger partial charge in [0.25, 0.3) is 0 Å². The second-order valence-electron chi connectivity index (χ2n) is 5.41. The van der Waals surface area contributed by atoms with Gasteiger partial charge in [0.05, 0.1) is 7.11 Å². The van der Waals surface area contributed by atoms with Gasteiger partial charge < -0.3 is 10.1 Å². The van der Waals surface area contributed by atoms with Gasteiger partial charge in [-0.3, -0.25) is 0 Å².